The van der Waals surface area contributed by atoms with E-state index in [-0.39, 0.29) is 59.6 Å². The van der Waals surface area contributed by atoms with Crippen molar-refractivity contribution in [3.05, 3.63) is 14.4 Å². The zero-order chi connectivity index (χ0) is 2.00. The molecule has 0 aliphatic heterocycles. The molecule has 0 heterocycles. The summed E-state index contributed by atoms with van der Waals surface area (Å²) >= 11 is 0. The second kappa shape index (κ2) is 42.6. The third-order valence-electron chi connectivity index (χ3n) is 0. The maximum absolute atomic E-state index is 3.25. The normalized spacial score (nSPS) is 1.20. The fourth-order valence-electron chi connectivity index (χ4n) is 0. The van der Waals surface area contributed by atoms with Gasteiger partial charge in [-0.25, -0.2) is 0 Å². The molecule has 0 aromatic carbocycles. The second-order valence-corrected chi connectivity index (χ2v) is 0. The molecule has 32 valence electrons. The van der Waals surface area contributed by atoms with Crippen LogP contribution in [0.25, 0.3) is 0 Å². The van der Waals surface area contributed by atoms with E-state index in [1.807, 2.05) is 0 Å². The van der Waals surface area contributed by atoms with E-state index in [9.17, 15) is 0 Å². The molecule has 2 heteroatoms. The Hall–Kier alpha value is 1.74. The van der Waals surface area contributed by atoms with Crippen LogP contribution in [0.4, 0.5) is 0 Å². The Kier molecular flexibility index (Phi) is 252. The number of rotatable bonds is 0. The van der Waals surface area contributed by atoms with Crippen molar-refractivity contribution >= 4 is 0 Å². The summed E-state index contributed by atoms with van der Waals surface area (Å²) in [5.41, 5.74) is 0. The van der Waals surface area contributed by atoms with Gasteiger partial charge in [0.2, 0.25) is 0 Å². The van der Waals surface area contributed by atoms with Gasteiger partial charge in [0, 0.05) is 52.2 Å². The van der Waals surface area contributed by atoms with Crippen molar-refractivity contribution in [2.45, 2.75) is 6.92 Å². The first-order valence-electron chi connectivity index (χ1n) is 0.707. The first kappa shape index (κ1) is 29.6. The van der Waals surface area contributed by atoms with E-state index in [2.05, 4.69) is 6.92 Å². The van der Waals surface area contributed by atoms with Gasteiger partial charge in [0.1, 0.15) is 0 Å². The van der Waals surface area contributed by atoms with Gasteiger partial charge in [-0.3, -0.25) is 0 Å². The molecule has 5 heavy (non-hydrogen) atoms. The van der Waals surface area contributed by atoms with Crippen LogP contribution in [0.15, 0.2) is 0 Å². The fourth-order valence-corrected chi connectivity index (χ4v) is 0. The van der Waals surface area contributed by atoms with Crippen molar-refractivity contribution in [3.8, 4) is 0 Å². The zero-order valence-electron chi connectivity index (χ0n) is 3.62. The zero-order valence-corrected chi connectivity index (χ0v) is 10.7. The minimum absolute atomic E-state index is 0. The van der Waals surface area contributed by atoms with Crippen LogP contribution in [-0.4, -0.2) is 0 Å². The number of hydrogen-bond acceptors (Lipinski definition) is 0. The predicted molar refractivity (Wildman–Crippen MR) is 17.4 cm³/mol. The molecule has 0 N–H and O–H groups in total. The van der Waals surface area contributed by atoms with Gasteiger partial charge in [-0.05, 0) is 0 Å². The molecule has 0 aliphatic rings. The summed E-state index contributed by atoms with van der Waals surface area (Å²) in [4.78, 5) is 0. The molecule has 0 radical (unpaired) electrons. The van der Waals surface area contributed by atoms with Crippen LogP contribution in [0.1, 0.15) is 6.92 Å². The van der Waals surface area contributed by atoms with Crippen molar-refractivity contribution < 1.29 is 52.2 Å². The van der Waals surface area contributed by atoms with Crippen molar-refractivity contribution in [1.82, 2.24) is 0 Å². The SMILES string of the molecule is [CH2-]C.[CH3-].[U].[W]. The molecule has 0 spiro atoms. The first-order chi connectivity index (χ1) is 1.00. The molecule has 0 bridgehead atoms. The van der Waals surface area contributed by atoms with E-state index in [0.717, 1.165) is 0 Å². The molecule has 0 aromatic rings. The molecule has 0 amide bonds. The first-order valence-corrected chi connectivity index (χ1v) is 0.707. The van der Waals surface area contributed by atoms with Gasteiger partial charge in [-0.1, -0.05) is 0 Å². The van der Waals surface area contributed by atoms with Crippen LogP contribution in [-0.2, 0) is 21.1 Å². The third kappa shape index (κ3) is 26.5. The Morgan fingerprint density at radius 3 is 1.20 bits per heavy atom. The summed E-state index contributed by atoms with van der Waals surface area (Å²) in [6.07, 6.45) is 0. The summed E-state index contributed by atoms with van der Waals surface area (Å²) in [5.74, 6) is 0. The largest absolute Gasteiger partial charge is 0.358 e. The van der Waals surface area contributed by atoms with Crippen molar-refractivity contribution in [1.29, 1.82) is 0 Å². The van der Waals surface area contributed by atoms with Gasteiger partial charge in [0.25, 0.3) is 0 Å². The summed E-state index contributed by atoms with van der Waals surface area (Å²) in [6, 6.07) is 0. The molecule has 0 aromatic heterocycles. The number of hydrogen-bond donors (Lipinski definition) is 0. The molecule has 0 aliphatic carbocycles. The van der Waals surface area contributed by atoms with E-state index in [1.54, 1.807) is 6.92 Å². The fraction of sp³-hybridized carbons (Fsp3) is 0.333. The molecule has 0 fully saturated rings. The van der Waals surface area contributed by atoms with E-state index < -0.39 is 0 Å². The van der Waals surface area contributed by atoms with Crippen LogP contribution in [0.3, 0.4) is 0 Å². The molecular formula is C3H8UW-2. The van der Waals surface area contributed by atoms with Crippen LogP contribution < -0.4 is 0 Å². The average molecular weight is 466 g/mol. The van der Waals surface area contributed by atoms with Crippen molar-refractivity contribution in [3.63, 3.8) is 0 Å². The van der Waals surface area contributed by atoms with Gasteiger partial charge in [0.05, 0.1) is 0 Å². The van der Waals surface area contributed by atoms with Crippen LogP contribution in [0.5, 0.6) is 0 Å². The molecule has 0 saturated carbocycles. The van der Waals surface area contributed by atoms with E-state index >= 15 is 0 Å². The Labute approximate surface area is 72.7 Å². The van der Waals surface area contributed by atoms with E-state index in [1.165, 1.54) is 0 Å². The van der Waals surface area contributed by atoms with Gasteiger partial charge >= 0.3 is 0 Å². The minimum Gasteiger partial charge on any atom is -0.358 e. The van der Waals surface area contributed by atoms with Gasteiger partial charge in [-0.2, -0.15) is 6.92 Å². The van der Waals surface area contributed by atoms with E-state index in [0.29, 0.717) is 0 Å². The predicted octanol–water partition coefficient (Wildman–Crippen LogP) is 1.29. The molecule has 0 atom stereocenters. The maximum Gasteiger partial charge on any atom is 0 e. The van der Waals surface area contributed by atoms with Gasteiger partial charge in [0.15, 0.2) is 0 Å². The second-order valence-electron chi connectivity index (χ2n) is 0. The Morgan fingerprint density at radius 2 is 1.20 bits per heavy atom. The third-order valence-corrected chi connectivity index (χ3v) is 0. The molecule has 0 nitrogen and oxygen atoms in total. The standard InChI is InChI=1S/C2H5.CH3.U.W/c1-2;;;/h1H2,2H3;1H3;;/q2*-1;;. The Balaban J connectivity index is -0.00000000167. The van der Waals surface area contributed by atoms with Crippen LogP contribution >= 0.6 is 0 Å². The van der Waals surface area contributed by atoms with Crippen LogP contribution in [0.2, 0.25) is 0 Å². The quantitative estimate of drug-likeness (QED) is 0.473. The Bertz CT molecular complexity index is 6.85. The Morgan fingerprint density at radius 1 is 1.20 bits per heavy atom. The van der Waals surface area contributed by atoms with E-state index in [4.69, 9.17) is 0 Å². The minimum atomic E-state index is 0. The van der Waals surface area contributed by atoms with Gasteiger partial charge in [-0.15, -0.1) is 0 Å². The summed E-state index contributed by atoms with van der Waals surface area (Å²) in [6.45, 7) is 5.00. The summed E-state index contributed by atoms with van der Waals surface area (Å²) in [7, 11) is 0. The summed E-state index contributed by atoms with van der Waals surface area (Å²) < 4.78 is 0. The van der Waals surface area contributed by atoms with Gasteiger partial charge < -0.3 is 14.4 Å². The molecular weight excluding hydrogens is 458 g/mol. The van der Waals surface area contributed by atoms with Crippen LogP contribution in [0, 0.1) is 45.5 Å². The van der Waals surface area contributed by atoms with Crippen molar-refractivity contribution in [2.24, 2.45) is 0 Å². The molecule has 0 rings (SSSR count). The smallest absolute Gasteiger partial charge is 0 e. The molecule has 0 unspecified atom stereocenters. The maximum atomic E-state index is 3.25. The average Bonchev–Trinajstić information content (AvgIpc) is 1.00. The monoisotopic (exact) mass is 466 g/mol. The topological polar surface area (TPSA) is 0 Å². The summed E-state index contributed by atoms with van der Waals surface area (Å²) in [5, 5.41) is 0. The molecule has 0 saturated heterocycles. The van der Waals surface area contributed by atoms with Crippen molar-refractivity contribution in [2.75, 3.05) is 0 Å².